The maximum Gasteiger partial charge on any atom is 0.337 e. The Kier molecular flexibility index (Phi) is 8.58. The summed E-state index contributed by atoms with van der Waals surface area (Å²) in [4.78, 5) is 31.2. The minimum atomic E-state index is -0.493. The van der Waals surface area contributed by atoms with E-state index in [0.717, 1.165) is 12.8 Å². The molecular formula is C23H27ClN6O5. The van der Waals surface area contributed by atoms with Gasteiger partial charge in [-0.2, -0.15) is 5.10 Å². The minimum absolute atomic E-state index is 0.117. The van der Waals surface area contributed by atoms with E-state index in [4.69, 9.17) is 21.1 Å². The molecule has 35 heavy (non-hydrogen) atoms. The quantitative estimate of drug-likeness (QED) is 0.133. The van der Waals surface area contributed by atoms with Gasteiger partial charge < -0.3 is 14.8 Å². The SMILES string of the molecule is COC(=O)c1cc(C)nc(-c2cnn(C)c2OCCC[C@@H](C)CNc2nc(Cl)ccc2[N+](=O)[O-])c1. The molecule has 0 amide bonds. The highest BCUT2D eigenvalue weighted by atomic mass is 35.5. The summed E-state index contributed by atoms with van der Waals surface area (Å²) >= 11 is 5.87. The summed E-state index contributed by atoms with van der Waals surface area (Å²) in [5.41, 5.74) is 2.21. The molecule has 1 N–H and O–H groups in total. The zero-order chi connectivity index (χ0) is 25.5. The summed E-state index contributed by atoms with van der Waals surface area (Å²) in [6.45, 7) is 4.76. The molecule has 0 spiro atoms. The smallest absolute Gasteiger partial charge is 0.337 e. The topological polar surface area (TPSA) is 134 Å². The first-order chi connectivity index (χ1) is 16.7. The molecule has 0 aliphatic carbocycles. The Balaban J connectivity index is 1.57. The van der Waals surface area contributed by atoms with Crippen molar-refractivity contribution in [2.24, 2.45) is 13.0 Å². The van der Waals surface area contributed by atoms with E-state index in [0.29, 0.717) is 41.5 Å². The van der Waals surface area contributed by atoms with Crippen LogP contribution in [-0.4, -0.2) is 50.9 Å². The third-order valence-electron chi connectivity index (χ3n) is 5.27. The van der Waals surface area contributed by atoms with Crippen LogP contribution < -0.4 is 10.1 Å². The molecule has 3 aromatic heterocycles. The third-order valence-corrected chi connectivity index (χ3v) is 5.48. The predicted octanol–water partition coefficient (Wildman–Crippen LogP) is 4.44. The van der Waals surface area contributed by atoms with Crippen LogP contribution in [0.1, 0.15) is 35.8 Å². The summed E-state index contributed by atoms with van der Waals surface area (Å²) in [6.07, 6.45) is 3.20. The first kappa shape index (κ1) is 25.9. The van der Waals surface area contributed by atoms with Crippen molar-refractivity contribution < 1.29 is 19.2 Å². The number of pyridine rings is 2. The third kappa shape index (κ3) is 6.66. The van der Waals surface area contributed by atoms with Crippen molar-refractivity contribution in [2.45, 2.75) is 26.7 Å². The molecule has 1 atom stereocenters. The Morgan fingerprint density at radius 1 is 1.31 bits per heavy atom. The van der Waals surface area contributed by atoms with Crippen LogP contribution in [0, 0.1) is 23.0 Å². The molecule has 3 heterocycles. The average Bonchev–Trinajstić information content (AvgIpc) is 3.19. The number of anilines is 1. The van der Waals surface area contributed by atoms with Gasteiger partial charge in [-0.15, -0.1) is 0 Å². The largest absolute Gasteiger partial charge is 0.477 e. The number of aromatic nitrogens is 4. The molecule has 0 unspecified atom stereocenters. The Hall–Kier alpha value is -3.73. The van der Waals surface area contributed by atoms with Crippen LogP contribution in [0.3, 0.4) is 0 Å². The van der Waals surface area contributed by atoms with E-state index in [-0.39, 0.29) is 22.6 Å². The van der Waals surface area contributed by atoms with Gasteiger partial charge >= 0.3 is 11.7 Å². The maximum absolute atomic E-state index is 12.0. The fraction of sp³-hybridized carbons (Fsp3) is 0.391. The van der Waals surface area contributed by atoms with Gasteiger partial charge in [-0.1, -0.05) is 18.5 Å². The number of hydrogen-bond acceptors (Lipinski definition) is 9. The maximum atomic E-state index is 12.0. The zero-order valence-electron chi connectivity index (χ0n) is 19.9. The monoisotopic (exact) mass is 502 g/mol. The van der Waals surface area contributed by atoms with Gasteiger partial charge in [0.2, 0.25) is 11.7 Å². The van der Waals surface area contributed by atoms with E-state index in [2.05, 4.69) is 20.4 Å². The molecule has 0 bridgehead atoms. The van der Waals surface area contributed by atoms with E-state index in [1.165, 1.54) is 19.2 Å². The Bertz CT molecular complexity index is 1220. The van der Waals surface area contributed by atoms with E-state index in [1.54, 1.807) is 37.0 Å². The second-order valence-electron chi connectivity index (χ2n) is 8.10. The van der Waals surface area contributed by atoms with Crippen molar-refractivity contribution in [2.75, 3.05) is 25.6 Å². The molecule has 11 nitrogen and oxygen atoms in total. The van der Waals surface area contributed by atoms with Crippen LogP contribution >= 0.6 is 11.6 Å². The van der Waals surface area contributed by atoms with Gasteiger partial charge in [-0.25, -0.2) is 14.5 Å². The summed E-state index contributed by atoms with van der Waals surface area (Å²) in [5, 5.41) is 18.7. The molecule has 12 heteroatoms. The molecule has 0 saturated carbocycles. The fourth-order valence-corrected chi connectivity index (χ4v) is 3.64. The lowest BCUT2D eigenvalue weighted by Crippen LogP contribution is -2.14. The summed E-state index contributed by atoms with van der Waals surface area (Å²) in [7, 11) is 3.10. The molecule has 0 aromatic carbocycles. The highest BCUT2D eigenvalue weighted by Gasteiger charge is 2.18. The van der Waals surface area contributed by atoms with E-state index in [9.17, 15) is 14.9 Å². The standard InChI is InChI=1S/C23H27ClN6O5/c1-14(12-25-21-19(30(32)33)7-8-20(24)28-21)6-5-9-35-22-17(13-26-29(22)3)18-11-16(23(31)34-4)10-15(2)27-18/h7-8,10-11,13-14H,5-6,9,12H2,1-4H3,(H,25,28)/t14-/m1/s1. The highest BCUT2D eigenvalue weighted by Crippen LogP contribution is 2.29. The lowest BCUT2D eigenvalue weighted by atomic mass is 10.1. The lowest BCUT2D eigenvalue weighted by molar-refractivity contribution is -0.384. The Labute approximate surface area is 207 Å². The number of hydrogen-bond donors (Lipinski definition) is 1. The van der Waals surface area contributed by atoms with Crippen molar-refractivity contribution in [1.82, 2.24) is 19.7 Å². The average molecular weight is 503 g/mol. The van der Waals surface area contributed by atoms with Crippen molar-refractivity contribution >= 4 is 29.1 Å². The number of carbonyl (C=O) groups is 1. The normalized spacial score (nSPS) is 11.7. The minimum Gasteiger partial charge on any atom is -0.477 e. The molecule has 0 aliphatic rings. The van der Waals surface area contributed by atoms with E-state index >= 15 is 0 Å². The van der Waals surface area contributed by atoms with Crippen LogP contribution in [0.15, 0.2) is 30.5 Å². The van der Waals surface area contributed by atoms with Crippen LogP contribution in [0.4, 0.5) is 11.5 Å². The number of nitrogens with zero attached hydrogens (tertiary/aromatic N) is 5. The van der Waals surface area contributed by atoms with Gasteiger partial charge in [0.15, 0.2) is 0 Å². The van der Waals surface area contributed by atoms with Gasteiger partial charge in [0.1, 0.15) is 5.15 Å². The van der Waals surface area contributed by atoms with Gasteiger partial charge in [-0.05, 0) is 43.9 Å². The molecule has 3 aromatic rings. The molecule has 0 radical (unpaired) electrons. The van der Waals surface area contributed by atoms with Crippen LogP contribution in [-0.2, 0) is 11.8 Å². The number of rotatable bonds is 11. The summed E-state index contributed by atoms with van der Waals surface area (Å²) in [5.74, 6) is 0.459. The van der Waals surface area contributed by atoms with Gasteiger partial charge in [-0.3, -0.25) is 15.1 Å². The first-order valence-corrected chi connectivity index (χ1v) is 11.3. The lowest BCUT2D eigenvalue weighted by Gasteiger charge is -2.14. The van der Waals surface area contributed by atoms with Crippen molar-refractivity contribution in [3.05, 3.63) is 57.0 Å². The van der Waals surface area contributed by atoms with Crippen molar-refractivity contribution in [3.63, 3.8) is 0 Å². The zero-order valence-corrected chi connectivity index (χ0v) is 20.7. The van der Waals surface area contributed by atoms with Crippen molar-refractivity contribution in [1.29, 1.82) is 0 Å². The van der Waals surface area contributed by atoms with Gasteiger partial charge in [0.05, 0.1) is 41.7 Å². The van der Waals surface area contributed by atoms with E-state index < -0.39 is 10.9 Å². The number of methoxy groups -OCH3 is 1. The molecule has 0 aliphatic heterocycles. The number of ether oxygens (including phenoxy) is 2. The second kappa shape index (κ2) is 11.6. The predicted molar refractivity (Wildman–Crippen MR) is 131 cm³/mol. The number of nitro groups is 1. The van der Waals surface area contributed by atoms with Crippen LogP contribution in [0.25, 0.3) is 11.3 Å². The fourth-order valence-electron chi connectivity index (χ4n) is 3.49. The molecule has 186 valence electrons. The summed E-state index contributed by atoms with van der Waals surface area (Å²) < 4.78 is 12.5. The van der Waals surface area contributed by atoms with Gasteiger partial charge in [0.25, 0.3) is 0 Å². The highest BCUT2D eigenvalue weighted by molar-refractivity contribution is 6.29. The van der Waals surface area contributed by atoms with E-state index in [1.807, 2.05) is 6.92 Å². The van der Waals surface area contributed by atoms with Crippen LogP contribution in [0.5, 0.6) is 5.88 Å². The number of nitrogens with one attached hydrogen (secondary N) is 1. The molecule has 0 saturated heterocycles. The number of halogens is 1. The molecule has 3 rings (SSSR count). The number of esters is 1. The molecular weight excluding hydrogens is 476 g/mol. The molecule has 0 fully saturated rings. The van der Waals surface area contributed by atoms with Crippen LogP contribution in [0.2, 0.25) is 5.15 Å². The first-order valence-electron chi connectivity index (χ1n) is 11.0. The second-order valence-corrected chi connectivity index (χ2v) is 8.48. The van der Waals surface area contributed by atoms with Gasteiger partial charge in [0, 0.05) is 25.4 Å². The summed E-state index contributed by atoms with van der Waals surface area (Å²) in [6, 6.07) is 6.04. The Morgan fingerprint density at radius 3 is 2.80 bits per heavy atom. The van der Waals surface area contributed by atoms with Crippen molar-refractivity contribution in [3.8, 4) is 17.1 Å². The Morgan fingerprint density at radius 2 is 2.09 bits per heavy atom. The number of carbonyl (C=O) groups excluding carboxylic acids is 1. The number of aryl methyl sites for hydroxylation is 2.